The van der Waals surface area contributed by atoms with Gasteiger partial charge in [0.2, 0.25) is 5.13 Å². The Hall–Kier alpha value is -2.43. The van der Waals surface area contributed by atoms with Gasteiger partial charge < -0.3 is 14.8 Å². The van der Waals surface area contributed by atoms with E-state index in [1.165, 1.54) is 23.5 Å². The number of hydrogen-bond acceptors (Lipinski definition) is 8. The molecule has 0 spiro atoms. The number of carbonyl (C=O) groups excluding carboxylic acids is 3. The van der Waals surface area contributed by atoms with E-state index in [1.807, 2.05) is 6.92 Å². The normalized spacial score (nSPS) is 10.2. The third-order valence-corrected chi connectivity index (χ3v) is 4.60. The highest BCUT2D eigenvalue weighted by Crippen LogP contribution is 2.27. The average molecular weight is 447 g/mol. The van der Waals surface area contributed by atoms with Crippen molar-refractivity contribution in [2.45, 2.75) is 13.3 Å². The lowest BCUT2D eigenvalue weighted by Gasteiger charge is -2.09. The monoisotopic (exact) mass is 446 g/mol. The Morgan fingerprint density at radius 2 is 1.96 bits per heavy atom. The van der Waals surface area contributed by atoms with E-state index in [9.17, 15) is 14.4 Å². The summed E-state index contributed by atoms with van der Waals surface area (Å²) < 4.78 is 10.1. The molecule has 0 aliphatic carbocycles. The maximum Gasteiger partial charge on any atom is 0.344 e. The zero-order valence-corrected chi connectivity index (χ0v) is 17.0. The fourth-order valence-corrected chi connectivity index (χ4v) is 2.92. The molecule has 0 unspecified atom stereocenters. The lowest BCUT2D eigenvalue weighted by atomic mass is 10.3. The average Bonchev–Trinajstić information content (AvgIpc) is 3.11. The number of aryl methyl sites for hydroxylation is 1. The fourth-order valence-electron chi connectivity index (χ4n) is 1.78. The van der Waals surface area contributed by atoms with Crippen molar-refractivity contribution in [1.82, 2.24) is 15.5 Å². The van der Waals surface area contributed by atoms with Crippen molar-refractivity contribution < 1.29 is 23.9 Å². The number of esters is 1. The Balaban J connectivity index is 1.63. The molecular weight excluding hydrogens is 431 g/mol. The Morgan fingerprint density at radius 3 is 2.64 bits per heavy atom. The molecule has 0 radical (unpaired) electrons. The van der Waals surface area contributed by atoms with Crippen molar-refractivity contribution in [2.24, 2.45) is 0 Å². The largest absolute Gasteiger partial charge is 0.480 e. The summed E-state index contributed by atoms with van der Waals surface area (Å²) in [5.41, 5.74) is 0. The SMILES string of the molecule is CCc1nnc(NC(=O)C(=O)NCCOC(=O)COc2ccc(Cl)cc2Cl)s1. The molecule has 2 N–H and O–H groups in total. The molecule has 12 heteroatoms. The van der Waals surface area contributed by atoms with E-state index in [-0.39, 0.29) is 35.7 Å². The summed E-state index contributed by atoms with van der Waals surface area (Å²) in [6.07, 6.45) is 0.680. The van der Waals surface area contributed by atoms with Gasteiger partial charge in [0, 0.05) is 5.02 Å². The van der Waals surface area contributed by atoms with Crippen LogP contribution >= 0.6 is 34.5 Å². The summed E-state index contributed by atoms with van der Waals surface area (Å²) in [6, 6.07) is 4.58. The molecule has 2 amide bonds. The number of rotatable bonds is 8. The van der Waals surface area contributed by atoms with Crippen molar-refractivity contribution >= 4 is 57.5 Å². The van der Waals surface area contributed by atoms with Crippen LogP contribution in [0.2, 0.25) is 10.0 Å². The molecular formula is C16H16Cl2N4O5S. The quantitative estimate of drug-likeness (QED) is 0.361. The van der Waals surface area contributed by atoms with Crippen LogP contribution in [0.3, 0.4) is 0 Å². The summed E-state index contributed by atoms with van der Waals surface area (Å²) in [7, 11) is 0. The molecule has 2 aromatic rings. The van der Waals surface area contributed by atoms with E-state index < -0.39 is 17.8 Å². The number of anilines is 1. The summed E-state index contributed by atoms with van der Waals surface area (Å²) in [6.45, 7) is 1.35. The van der Waals surface area contributed by atoms with Gasteiger partial charge >= 0.3 is 17.8 Å². The molecule has 1 aromatic carbocycles. The number of aromatic nitrogens is 2. The molecule has 1 heterocycles. The van der Waals surface area contributed by atoms with E-state index in [0.717, 1.165) is 5.01 Å². The lowest BCUT2D eigenvalue weighted by Crippen LogP contribution is -2.37. The minimum atomic E-state index is -0.883. The van der Waals surface area contributed by atoms with Gasteiger partial charge in [-0.15, -0.1) is 10.2 Å². The molecule has 0 fully saturated rings. The van der Waals surface area contributed by atoms with Gasteiger partial charge in [0.25, 0.3) is 0 Å². The Morgan fingerprint density at radius 1 is 1.18 bits per heavy atom. The topological polar surface area (TPSA) is 120 Å². The minimum absolute atomic E-state index is 0.0456. The van der Waals surface area contributed by atoms with Crippen LogP contribution in [0.15, 0.2) is 18.2 Å². The molecule has 0 saturated heterocycles. The molecule has 28 heavy (non-hydrogen) atoms. The standard InChI is InChI=1S/C16H16Cl2N4O5S/c1-2-12-21-22-16(28-12)20-15(25)14(24)19-5-6-26-13(23)8-27-11-4-3-9(17)7-10(11)18/h3-4,7H,2,5-6,8H2,1H3,(H,19,24)(H,20,22,25). The maximum absolute atomic E-state index is 11.7. The van der Waals surface area contributed by atoms with Crippen molar-refractivity contribution in [1.29, 1.82) is 0 Å². The number of benzene rings is 1. The molecule has 1 aromatic heterocycles. The molecule has 2 rings (SSSR count). The highest BCUT2D eigenvalue weighted by molar-refractivity contribution is 7.15. The van der Waals surface area contributed by atoms with Crippen LogP contribution in [0.1, 0.15) is 11.9 Å². The number of hydrogen-bond donors (Lipinski definition) is 2. The number of ether oxygens (including phenoxy) is 2. The van der Waals surface area contributed by atoms with Crippen LogP contribution < -0.4 is 15.4 Å². The fraction of sp³-hybridized carbons (Fsp3) is 0.312. The third-order valence-electron chi connectivity index (χ3n) is 3.09. The minimum Gasteiger partial charge on any atom is -0.480 e. The summed E-state index contributed by atoms with van der Waals surface area (Å²) in [4.78, 5) is 35.0. The summed E-state index contributed by atoms with van der Waals surface area (Å²) >= 11 is 12.9. The molecule has 0 bridgehead atoms. The van der Waals surface area contributed by atoms with E-state index in [0.29, 0.717) is 11.4 Å². The van der Waals surface area contributed by atoms with E-state index in [4.69, 9.17) is 32.7 Å². The van der Waals surface area contributed by atoms with E-state index in [1.54, 1.807) is 6.07 Å². The first-order valence-electron chi connectivity index (χ1n) is 8.04. The smallest absolute Gasteiger partial charge is 0.344 e. The highest BCUT2D eigenvalue weighted by atomic mass is 35.5. The predicted molar refractivity (Wildman–Crippen MR) is 104 cm³/mol. The van der Waals surface area contributed by atoms with Crippen LogP contribution in [-0.2, 0) is 25.5 Å². The highest BCUT2D eigenvalue weighted by Gasteiger charge is 2.16. The molecule has 0 saturated carbocycles. The van der Waals surface area contributed by atoms with Gasteiger partial charge in [-0.1, -0.05) is 41.5 Å². The molecule has 0 aliphatic rings. The van der Waals surface area contributed by atoms with E-state index in [2.05, 4.69) is 20.8 Å². The first-order chi connectivity index (χ1) is 13.4. The zero-order chi connectivity index (χ0) is 20.5. The van der Waals surface area contributed by atoms with Gasteiger partial charge in [-0.05, 0) is 24.6 Å². The molecule has 9 nitrogen and oxygen atoms in total. The second-order valence-corrected chi connectivity index (χ2v) is 7.05. The third kappa shape index (κ3) is 6.95. The van der Waals surface area contributed by atoms with Gasteiger partial charge in [-0.25, -0.2) is 4.79 Å². The van der Waals surface area contributed by atoms with Crippen molar-refractivity contribution in [3.63, 3.8) is 0 Å². The van der Waals surface area contributed by atoms with Crippen molar-refractivity contribution in [3.05, 3.63) is 33.3 Å². The first kappa shape index (κ1) is 21.9. The first-order valence-corrected chi connectivity index (χ1v) is 9.61. The van der Waals surface area contributed by atoms with Gasteiger partial charge in [0.15, 0.2) is 6.61 Å². The Labute approximate surface area is 174 Å². The van der Waals surface area contributed by atoms with Crippen LogP contribution in [0.25, 0.3) is 0 Å². The number of carbonyl (C=O) groups is 3. The Kier molecular flexibility index (Phi) is 8.42. The van der Waals surface area contributed by atoms with Crippen molar-refractivity contribution in [2.75, 3.05) is 25.1 Å². The summed E-state index contributed by atoms with van der Waals surface area (Å²) in [5, 5.41) is 13.9. The summed E-state index contributed by atoms with van der Waals surface area (Å²) in [5.74, 6) is -2.14. The van der Waals surface area contributed by atoms with Crippen molar-refractivity contribution in [3.8, 4) is 5.75 Å². The molecule has 0 atom stereocenters. The van der Waals surface area contributed by atoms with Gasteiger partial charge in [-0.2, -0.15) is 0 Å². The number of nitrogens with one attached hydrogen (secondary N) is 2. The second-order valence-electron chi connectivity index (χ2n) is 5.15. The van der Waals surface area contributed by atoms with Crippen LogP contribution in [0.5, 0.6) is 5.75 Å². The number of amides is 2. The number of halogens is 2. The van der Waals surface area contributed by atoms with Gasteiger partial charge in [0.05, 0.1) is 11.6 Å². The zero-order valence-electron chi connectivity index (χ0n) is 14.7. The van der Waals surface area contributed by atoms with E-state index >= 15 is 0 Å². The number of nitrogens with zero attached hydrogens (tertiary/aromatic N) is 2. The lowest BCUT2D eigenvalue weighted by molar-refractivity contribution is -0.146. The van der Waals surface area contributed by atoms with Crippen LogP contribution in [0, 0.1) is 0 Å². The van der Waals surface area contributed by atoms with Crippen LogP contribution in [-0.4, -0.2) is 47.7 Å². The second kappa shape index (κ2) is 10.8. The Bertz CT molecular complexity index is 861. The van der Waals surface area contributed by atoms with Crippen LogP contribution in [0.4, 0.5) is 5.13 Å². The molecule has 150 valence electrons. The van der Waals surface area contributed by atoms with Gasteiger partial charge in [-0.3, -0.25) is 14.9 Å². The predicted octanol–water partition coefficient (Wildman–Crippen LogP) is 2.08. The molecule has 0 aliphatic heterocycles. The maximum atomic E-state index is 11.7. The van der Waals surface area contributed by atoms with Gasteiger partial charge in [0.1, 0.15) is 17.4 Å².